The topological polar surface area (TPSA) is 73.9 Å². The van der Waals surface area contributed by atoms with Gasteiger partial charge in [-0.1, -0.05) is 11.6 Å². The van der Waals surface area contributed by atoms with Crippen molar-refractivity contribution in [1.82, 2.24) is 0 Å². The van der Waals surface area contributed by atoms with E-state index in [1.54, 1.807) is 6.07 Å². The third-order valence-electron chi connectivity index (χ3n) is 3.54. The Morgan fingerprint density at radius 3 is 2.56 bits per heavy atom. The number of halogens is 2. The predicted molar refractivity (Wildman–Crippen MR) is 99.1 cm³/mol. The number of anilines is 1. The molecule has 0 aliphatic heterocycles. The average molecular weight is 396 g/mol. The van der Waals surface area contributed by atoms with Crippen LogP contribution in [0, 0.1) is 5.82 Å². The van der Waals surface area contributed by atoms with E-state index < -0.39 is 23.8 Å². The lowest BCUT2D eigenvalue weighted by Gasteiger charge is -2.15. The van der Waals surface area contributed by atoms with E-state index in [1.165, 1.54) is 38.3 Å². The molecule has 2 aromatic carbocycles. The van der Waals surface area contributed by atoms with Crippen molar-refractivity contribution < 1.29 is 28.2 Å². The van der Waals surface area contributed by atoms with Crippen LogP contribution in [0.3, 0.4) is 0 Å². The standard InChI is InChI=1S/C19H19ClFNO5/c1-4-26-16-8-5-12(9-17(16)25-3)19(24)27-11(2)18(23)22-15-7-6-13(20)10-14(15)21/h5-11H,4H2,1-3H3,(H,22,23)/t11-/m0/s1. The molecule has 2 aromatic rings. The summed E-state index contributed by atoms with van der Waals surface area (Å²) in [6.45, 7) is 3.65. The first kappa shape index (κ1) is 20.5. The maximum absolute atomic E-state index is 13.8. The number of benzene rings is 2. The summed E-state index contributed by atoms with van der Waals surface area (Å²) in [6, 6.07) is 8.35. The van der Waals surface area contributed by atoms with E-state index >= 15 is 0 Å². The minimum Gasteiger partial charge on any atom is -0.493 e. The minimum absolute atomic E-state index is 0.0602. The first-order valence-electron chi connectivity index (χ1n) is 8.13. The molecular formula is C19H19ClFNO5. The Morgan fingerprint density at radius 2 is 1.93 bits per heavy atom. The van der Waals surface area contributed by atoms with Gasteiger partial charge in [-0.15, -0.1) is 0 Å². The summed E-state index contributed by atoms with van der Waals surface area (Å²) in [5.74, 6) is -1.24. The number of hydrogen-bond donors (Lipinski definition) is 1. The molecule has 0 spiro atoms. The molecule has 0 aliphatic carbocycles. The lowest BCUT2D eigenvalue weighted by molar-refractivity contribution is -0.123. The lowest BCUT2D eigenvalue weighted by Crippen LogP contribution is -2.30. The Balaban J connectivity index is 2.04. The van der Waals surface area contributed by atoms with Crippen LogP contribution in [0.1, 0.15) is 24.2 Å². The van der Waals surface area contributed by atoms with Crippen molar-refractivity contribution in [3.05, 3.63) is 52.8 Å². The Bertz CT molecular complexity index is 843. The van der Waals surface area contributed by atoms with Crippen molar-refractivity contribution in [1.29, 1.82) is 0 Å². The van der Waals surface area contributed by atoms with Crippen molar-refractivity contribution >= 4 is 29.2 Å². The molecule has 0 fully saturated rings. The highest BCUT2D eigenvalue weighted by Gasteiger charge is 2.21. The first-order valence-corrected chi connectivity index (χ1v) is 8.51. The van der Waals surface area contributed by atoms with Gasteiger partial charge in [0.1, 0.15) is 5.82 Å². The van der Waals surface area contributed by atoms with Crippen LogP contribution < -0.4 is 14.8 Å². The van der Waals surface area contributed by atoms with E-state index in [4.69, 9.17) is 25.8 Å². The Kier molecular flexibility index (Phi) is 7.01. The highest BCUT2D eigenvalue weighted by Crippen LogP contribution is 2.28. The Hall–Kier alpha value is -2.80. The van der Waals surface area contributed by atoms with Gasteiger partial charge in [-0.05, 0) is 50.2 Å². The molecule has 2 rings (SSSR count). The van der Waals surface area contributed by atoms with Gasteiger partial charge in [0.2, 0.25) is 0 Å². The van der Waals surface area contributed by atoms with Crippen molar-refractivity contribution in [3.8, 4) is 11.5 Å². The van der Waals surface area contributed by atoms with Crippen LogP contribution >= 0.6 is 11.6 Å². The molecule has 0 unspecified atom stereocenters. The molecular weight excluding hydrogens is 377 g/mol. The second kappa shape index (κ2) is 9.23. The Morgan fingerprint density at radius 1 is 1.19 bits per heavy atom. The molecule has 1 N–H and O–H groups in total. The zero-order valence-electron chi connectivity index (χ0n) is 15.0. The number of rotatable bonds is 7. The number of esters is 1. The molecule has 0 aromatic heterocycles. The molecule has 1 amide bonds. The monoisotopic (exact) mass is 395 g/mol. The van der Waals surface area contributed by atoms with Crippen LogP contribution in [-0.4, -0.2) is 31.7 Å². The maximum Gasteiger partial charge on any atom is 0.339 e. The van der Waals surface area contributed by atoms with Crippen molar-refractivity contribution in [3.63, 3.8) is 0 Å². The van der Waals surface area contributed by atoms with Crippen molar-refractivity contribution in [2.24, 2.45) is 0 Å². The quantitative estimate of drug-likeness (QED) is 0.715. The largest absolute Gasteiger partial charge is 0.493 e. The van der Waals surface area contributed by atoms with Gasteiger partial charge in [-0.3, -0.25) is 4.79 Å². The third kappa shape index (κ3) is 5.34. The number of hydrogen-bond acceptors (Lipinski definition) is 5. The molecule has 144 valence electrons. The fourth-order valence-electron chi connectivity index (χ4n) is 2.18. The summed E-state index contributed by atoms with van der Waals surface area (Å²) in [7, 11) is 1.45. The number of ether oxygens (including phenoxy) is 3. The van der Waals surface area contributed by atoms with Crippen LogP contribution in [0.2, 0.25) is 5.02 Å². The van der Waals surface area contributed by atoms with E-state index in [0.717, 1.165) is 6.07 Å². The molecule has 0 radical (unpaired) electrons. The summed E-state index contributed by atoms with van der Waals surface area (Å²) in [5.41, 5.74) is 0.127. The SMILES string of the molecule is CCOc1ccc(C(=O)O[C@@H](C)C(=O)Nc2ccc(Cl)cc2F)cc1OC. The van der Waals surface area contributed by atoms with Gasteiger partial charge in [0.15, 0.2) is 17.6 Å². The predicted octanol–water partition coefficient (Wildman–Crippen LogP) is 4.07. The first-order chi connectivity index (χ1) is 12.8. The molecule has 0 saturated heterocycles. The molecule has 0 saturated carbocycles. The van der Waals surface area contributed by atoms with E-state index in [1.807, 2.05) is 6.92 Å². The molecule has 8 heteroatoms. The zero-order valence-corrected chi connectivity index (χ0v) is 15.8. The summed E-state index contributed by atoms with van der Waals surface area (Å²) in [4.78, 5) is 24.4. The molecule has 0 heterocycles. The van der Waals surface area contributed by atoms with Crippen LogP contribution in [0.15, 0.2) is 36.4 Å². The van der Waals surface area contributed by atoms with Crippen LogP contribution in [0.4, 0.5) is 10.1 Å². The van der Waals surface area contributed by atoms with E-state index in [9.17, 15) is 14.0 Å². The lowest BCUT2D eigenvalue weighted by atomic mass is 10.2. The van der Waals surface area contributed by atoms with Crippen LogP contribution in [-0.2, 0) is 9.53 Å². The van der Waals surface area contributed by atoms with Crippen LogP contribution in [0.25, 0.3) is 0 Å². The zero-order chi connectivity index (χ0) is 20.0. The summed E-state index contributed by atoms with van der Waals surface area (Å²) >= 11 is 5.67. The van der Waals surface area contributed by atoms with E-state index in [-0.39, 0.29) is 16.3 Å². The van der Waals surface area contributed by atoms with E-state index in [0.29, 0.717) is 18.1 Å². The van der Waals surface area contributed by atoms with Crippen LogP contribution in [0.5, 0.6) is 11.5 Å². The second-order valence-electron chi connectivity index (χ2n) is 5.46. The number of methoxy groups -OCH3 is 1. The third-order valence-corrected chi connectivity index (χ3v) is 3.78. The number of carbonyl (C=O) groups excluding carboxylic acids is 2. The fraction of sp³-hybridized carbons (Fsp3) is 0.263. The smallest absolute Gasteiger partial charge is 0.339 e. The highest BCUT2D eigenvalue weighted by molar-refractivity contribution is 6.30. The van der Waals surface area contributed by atoms with Gasteiger partial charge in [0, 0.05) is 5.02 Å². The summed E-state index contributed by atoms with van der Waals surface area (Å²) in [5, 5.41) is 2.55. The Labute approximate surface area is 161 Å². The van der Waals surface area contributed by atoms with Gasteiger partial charge in [0.25, 0.3) is 5.91 Å². The number of nitrogens with one attached hydrogen (secondary N) is 1. The van der Waals surface area contributed by atoms with Gasteiger partial charge in [-0.2, -0.15) is 0 Å². The number of amides is 1. The number of carbonyl (C=O) groups is 2. The molecule has 0 bridgehead atoms. The fourth-order valence-corrected chi connectivity index (χ4v) is 2.34. The second-order valence-corrected chi connectivity index (χ2v) is 5.90. The normalized spacial score (nSPS) is 11.4. The van der Waals surface area contributed by atoms with Gasteiger partial charge < -0.3 is 19.5 Å². The van der Waals surface area contributed by atoms with Gasteiger partial charge >= 0.3 is 5.97 Å². The molecule has 1 atom stereocenters. The summed E-state index contributed by atoms with van der Waals surface area (Å²) < 4.78 is 29.5. The summed E-state index contributed by atoms with van der Waals surface area (Å²) in [6.07, 6.45) is -1.15. The van der Waals surface area contributed by atoms with Crippen molar-refractivity contribution in [2.45, 2.75) is 20.0 Å². The van der Waals surface area contributed by atoms with Gasteiger partial charge in [-0.25, -0.2) is 9.18 Å². The van der Waals surface area contributed by atoms with Gasteiger partial charge in [0.05, 0.1) is 25.0 Å². The minimum atomic E-state index is -1.15. The maximum atomic E-state index is 13.8. The average Bonchev–Trinajstić information content (AvgIpc) is 2.64. The molecule has 27 heavy (non-hydrogen) atoms. The van der Waals surface area contributed by atoms with Crippen molar-refractivity contribution in [2.75, 3.05) is 19.0 Å². The molecule has 6 nitrogen and oxygen atoms in total. The van der Waals surface area contributed by atoms with E-state index in [2.05, 4.69) is 5.32 Å². The molecule has 0 aliphatic rings. The highest BCUT2D eigenvalue weighted by atomic mass is 35.5.